The van der Waals surface area contributed by atoms with Crippen molar-refractivity contribution >= 4 is 11.7 Å². The minimum Gasteiger partial charge on any atom is -0.369 e. The van der Waals surface area contributed by atoms with Crippen molar-refractivity contribution in [1.29, 1.82) is 0 Å². The zero-order chi connectivity index (χ0) is 20.9. The van der Waals surface area contributed by atoms with Gasteiger partial charge in [-0.3, -0.25) is 4.90 Å². The molecular weight excluding hydrogens is 378 g/mol. The number of hydrogen-bond donors (Lipinski definition) is 1. The summed E-state index contributed by atoms with van der Waals surface area (Å²) in [5.74, 6) is 1.42. The highest BCUT2D eigenvalue weighted by atomic mass is 16.2. The molecule has 2 amide bonds. The van der Waals surface area contributed by atoms with Gasteiger partial charge in [-0.2, -0.15) is 0 Å². The second-order valence-electron chi connectivity index (χ2n) is 8.46. The lowest BCUT2D eigenvalue weighted by Crippen LogP contribution is -2.53. The molecule has 2 aliphatic rings. The molecule has 1 aromatic carbocycles. The van der Waals surface area contributed by atoms with Crippen LogP contribution in [-0.2, 0) is 7.05 Å². The number of para-hydroxylation sites is 1. The SMILES string of the molecule is CC(CNC(=O)N1CCC(c2nncn2C)CC1)N1CCN(c2ccccc2)CC1. The molecule has 2 fully saturated rings. The van der Waals surface area contributed by atoms with Crippen molar-refractivity contribution in [2.75, 3.05) is 50.7 Å². The molecule has 2 aromatic rings. The third kappa shape index (κ3) is 4.75. The van der Waals surface area contributed by atoms with Gasteiger partial charge in [0.15, 0.2) is 0 Å². The topological polar surface area (TPSA) is 69.5 Å². The molecule has 8 heteroatoms. The average molecular weight is 412 g/mol. The quantitative estimate of drug-likeness (QED) is 0.814. The largest absolute Gasteiger partial charge is 0.369 e. The van der Waals surface area contributed by atoms with E-state index in [2.05, 4.69) is 62.6 Å². The van der Waals surface area contributed by atoms with E-state index in [1.165, 1.54) is 5.69 Å². The Morgan fingerprint density at radius 3 is 2.43 bits per heavy atom. The maximum atomic E-state index is 12.6. The van der Waals surface area contributed by atoms with Gasteiger partial charge in [-0.05, 0) is 31.9 Å². The third-order valence-electron chi connectivity index (χ3n) is 6.50. The fraction of sp³-hybridized carbons (Fsp3) is 0.591. The molecular formula is C22H33N7O. The van der Waals surface area contributed by atoms with Crippen molar-refractivity contribution in [3.8, 4) is 0 Å². The zero-order valence-corrected chi connectivity index (χ0v) is 18.1. The molecule has 1 aromatic heterocycles. The number of urea groups is 1. The first-order chi connectivity index (χ1) is 14.6. The second-order valence-corrected chi connectivity index (χ2v) is 8.46. The average Bonchev–Trinajstić information content (AvgIpc) is 3.24. The highest BCUT2D eigenvalue weighted by Crippen LogP contribution is 2.26. The summed E-state index contributed by atoms with van der Waals surface area (Å²) in [5.41, 5.74) is 1.29. The normalized spacial score (nSPS) is 19.7. The van der Waals surface area contributed by atoms with Gasteiger partial charge in [0.25, 0.3) is 0 Å². The third-order valence-corrected chi connectivity index (χ3v) is 6.50. The smallest absolute Gasteiger partial charge is 0.317 e. The van der Waals surface area contributed by atoms with E-state index in [1.807, 2.05) is 16.5 Å². The van der Waals surface area contributed by atoms with Crippen LogP contribution in [0.5, 0.6) is 0 Å². The summed E-state index contributed by atoms with van der Waals surface area (Å²) < 4.78 is 1.99. The lowest BCUT2D eigenvalue weighted by Gasteiger charge is -2.39. The van der Waals surface area contributed by atoms with Crippen LogP contribution in [0.3, 0.4) is 0 Å². The number of piperazine rings is 1. The van der Waals surface area contributed by atoms with Gasteiger partial charge >= 0.3 is 6.03 Å². The van der Waals surface area contributed by atoms with E-state index >= 15 is 0 Å². The Kier molecular flexibility index (Phi) is 6.52. The summed E-state index contributed by atoms with van der Waals surface area (Å²) in [4.78, 5) is 19.5. The van der Waals surface area contributed by atoms with Gasteiger partial charge in [0, 0.05) is 70.5 Å². The highest BCUT2D eigenvalue weighted by Gasteiger charge is 2.27. The molecule has 0 saturated carbocycles. The van der Waals surface area contributed by atoms with Gasteiger partial charge in [0.2, 0.25) is 0 Å². The molecule has 1 unspecified atom stereocenters. The number of hydrogen-bond acceptors (Lipinski definition) is 5. The molecule has 2 saturated heterocycles. The van der Waals surface area contributed by atoms with Crippen LogP contribution in [0, 0.1) is 0 Å². The molecule has 30 heavy (non-hydrogen) atoms. The number of carbonyl (C=O) groups excluding carboxylic acids is 1. The molecule has 1 atom stereocenters. The Morgan fingerprint density at radius 1 is 1.10 bits per heavy atom. The minimum absolute atomic E-state index is 0.0567. The van der Waals surface area contributed by atoms with Gasteiger partial charge < -0.3 is 19.7 Å². The summed E-state index contributed by atoms with van der Waals surface area (Å²) >= 11 is 0. The van der Waals surface area contributed by atoms with Crippen molar-refractivity contribution < 1.29 is 4.79 Å². The lowest BCUT2D eigenvalue weighted by molar-refractivity contribution is 0.166. The highest BCUT2D eigenvalue weighted by molar-refractivity contribution is 5.74. The van der Waals surface area contributed by atoms with Crippen molar-refractivity contribution in [2.24, 2.45) is 7.05 Å². The van der Waals surface area contributed by atoms with Crippen LogP contribution < -0.4 is 10.2 Å². The Hall–Kier alpha value is -2.61. The first-order valence-electron chi connectivity index (χ1n) is 11.0. The Balaban J connectivity index is 1.18. The summed E-state index contributed by atoms with van der Waals surface area (Å²) in [5, 5.41) is 11.4. The van der Waals surface area contributed by atoms with E-state index in [-0.39, 0.29) is 6.03 Å². The van der Waals surface area contributed by atoms with Crippen LogP contribution in [0.2, 0.25) is 0 Å². The van der Waals surface area contributed by atoms with Crippen molar-refractivity contribution in [3.63, 3.8) is 0 Å². The van der Waals surface area contributed by atoms with Crippen molar-refractivity contribution in [1.82, 2.24) is 29.9 Å². The zero-order valence-electron chi connectivity index (χ0n) is 18.1. The molecule has 8 nitrogen and oxygen atoms in total. The van der Waals surface area contributed by atoms with Gasteiger partial charge in [-0.15, -0.1) is 10.2 Å². The van der Waals surface area contributed by atoms with E-state index in [4.69, 9.17) is 0 Å². The number of benzene rings is 1. The Labute approximate surface area is 178 Å². The molecule has 162 valence electrons. The lowest BCUT2D eigenvalue weighted by atomic mass is 9.96. The number of piperidine rings is 1. The maximum Gasteiger partial charge on any atom is 0.317 e. The van der Waals surface area contributed by atoms with Crippen LogP contribution in [0.4, 0.5) is 10.5 Å². The van der Waals surface area contributed by atoms with Gasteiger partial charge in [0.05, 0.1) is 0 Å². The predicted octanol–water partition coefficient (Wildman–Crippen LogP) is 1.91. The monoisotopic (exact) mass is 411 g/mol. The number of carbonyl (C=O) groups is 1. The van der Waals surface area contributed by atoms with Crippen LogP contribution >= 0.6 is 0 Å². The van der Waals surface area contributed by atoms with E-state index in [1.54, 1.807) is 6.33 Å². The predicted molar refractivity (Wildman–Crippen MR) is 118 cm³/mol. The molecule has 0 aliphatic carbocycles. The van der Waals surface area contributed by atoms with Crippen LogP contribution in [0.1, 0.15) is 31.5 Å². The summed E-state index contributed by atoms with van der Waals surface area (Å²) in [6.07, 6.45) is 3.63. The fourth-order valence-corrected chi connectivity index (χ4v) is 4.54. The number of rotatable bonds is 5. The molecule has 0 radical (unpaired) electrons. The van der Waals surface area contributed by atoms with E-state index in [0.717, 1.165) is 57.9 Å². The molecule has 3 heterocycles. The number of aryl methyl sites for hydroxylation is 1. The maximum absolute atomic E-state index is 12.6. The molecule has 4 rings (SSSR count). The molecule has 2 aliphatic heterocycles. The summed E-state index contributed by atoms with van der Waals surface area (Å²) in [7, 11) is 1.98. The molecule has 1 N–H and O–H groups in total. The number of amides is 2. The van der Waals surface area contributed by atoms with Gasteiger partial charge in [-0.25, -0.2) is 4.79 Å². The molecule has 0 bridgehead atoms. The van der Waals surface area contributed by atoms with Gasteiger partial charge in [-0.1, -0.05) is 18.2 Å². The fourth-order valence-electron chi connectivity index (χ4n) is 4.54. The summed E-state index contributed by atoms with van der Waals surface area (Å²) in [6, 6.07) is 11.0. The number of anilines is 1. The van der Waals surface area contributed by atoms with Crippen LogP contribution in [0.15, 0.2) is 36.7 Å². The number of aromatic nitrogens is 3. The van der Waals surface area contributed by atoms with Crippen LogP contribution in [0.25, 0.3) is 0 Å². The Morgan fingerprint density at radius 2 is 1.80 bits per heavy atom. The van der Waals surface area contributed by atoms with E-state index in [0.29, 0.717) is 18.5 Å². The first-order valence-corrected chi connectivity index (χ1v) is 11.0. The van der Waals surface area contributed by atoms with E-state index in [9.17, 15) is 4.79 Å². The van der Waals surface area contributed by atoms with Gasteiger partial charge in [0.1, 0.15) is 12.2 Å². The van der Waals surface area contributed by atoms with E-state index < -0.39 is 0 Å². The minimum atomic E-state index is 0.0567. The van der Waals surface area contributed by atoms with Crippen molar-refractivity contribution in [2.45, 2.75) is 31.7 Å². The first kappa shape index (κ1) is 20.7. The van der Waals surface area contributed by atoms with Crippen LogP contribution in [-0.4, -0.2) is 82.5 Å². The standard InChI is InChI=1S/C22H33N7O/c1-18(27-12-14-28(15-13-27)20-6-4-3-5-7-20)16-23-22(30)29-10-8-19(9-11-29)21-25-24-17-26(21)2/h3-7,17-19H,8-16H2,1-2H3,(H,23,30). The summed E-state index contributed by atoms with van der Waals surface area (Å²) in [6.45, 7) is 8.53. The Bertz CT molecular complexity index is 808. The van der Waals surface area contributed by atoms with Crippen molar-refractivity contribution in [3.05, 3.63) is 42.5 Å². The number of nitrogens with zero attached hydrogens (tertiary/aromatic N) is 6. The molecule has 0 spiro atoms. The number of likely N-dealkylation sites (tertiary alicyclic amines) is 1. The second kappa shape index (κ2) is 9.47. The number of nitrogens with one attached hydrogen (secondary N) is 1.